The molecule has 2 aromatic rings. The second-order valence-corrected chi connectivity index (χ2v) is 4.75. The molecule has 1 saturated heterocycles. The lowest BCUT2D eigenvalue weighted by Gasteiger charge is -2.27. The van der Waals surface area contributed by atoms with E-state index in [4.69, 9.17) is 10.5 Å². The SMILES string of the molecule is I.NC(=NCc1nccc2ccccc12)N1CCOCC1. The van der Waals surface area contributed by atoms with Gasteiger partial charge in [0.05, 0.1) is 25.5 Å². The molecule has 1 fully saturated rings. The van der Waals surface area contributed by atoms with Crippen molar-refractivity contribution in [1.29, 1.82) is 0 Å². The molecule has 0 atom stereocenters. The predicted molar refractivity (Wildman–Crippen MR) is 94.9 cm³/mol. The molecule has 1 aromatic carbocycles. The third kappa shape index (κ3) is 3.82. The molecule has 0 radical (unpaired) electrons. The summed E-state index contributed by atoms with van der Waals surface area (Å²) in [6, 6.07) is 10.2. The Kier molecular flexibility index (Phi) is 5.75. The van der Waals surface area contributed by atoms with Crippen LogP contribution in [0.4, 0.5) is 0 Å². The average molecular weight is 398 g/mol. The van der Waals surface area contributed by atoms with Crippen LogP contribution in [0.5, 0.6) is 0 Å². The Morgan fingerprint density at radius 3 is 2.81 bits per heavy atom. The van der Waals surface area contributed by atoms with Crippen LogP contribution in [-0.2, 0) is 11.3 Å². The van der Waals surface area contributed by atoms with Crippen LogP contribution in [0.3, 0.4) is 0 Å². The van der Waals surface area contributed by atoms with Crippen LogP contribution in [-0.4, -0.2) is 42.1 Å². The fraction of sp³-hybridized carbons (Fsp3) is 0.333. The number of fused-ring (bicyclic) bond motifs is 1. The number of guanidine groups is 1. The topological polar surface area (TPSA) is 63.7 Å². The van der Waals surface area contributed by atoms with Crippen LogP contribution in [0.1, 0.15) is 5.69 Å². The van der Waals surface area contributed by atoms with Crippen molar-refractivity contribution in [3.8, 4) is 0 Å². The molecule has 0 spiro atoms. The zero-order chi connectivity index (χ0) is 13.8. The number of morpholine rings is 1. The molecule has 0 unspecified atom stereocenters. The number of hydrogen-bond acceptors (Lipinski definition) is 3. The van der Waals surface area contributed by atoms with Gasteiger partial charge in [0.15, 0.2) is 5.96 Å². The lowest BCUT2D eigenvalue weighted by Crippen LogP contribution is -2.44. The van der Waals surface area contributed by atoms with E-state index in [9.17, 15) is 0 Å². The van der Waals surface area contributed by atoms with Gasteiger partial charge >= 0.3 is 0 Å². The van der Waals surface area contributed by atoms with Gasteiger partial charge in [-0.15, -0.1) is 24.0 Å². The van der Waals surface area contributed by atoms with Crippen molar-refractivity contribution in [3.63, 3.8) is 0 Å². The molecule has 2 heterocycles. The van der Waals surface area contributed by atoms with Crippen LogP contribution in [0.25, 0.3) is 10.8 Å². The standard InChI is InChI=1S/C15H18N4O.HI/c16-15(19-7-9-20-10-8-19)18-11-14-13-4-2-1-3-12(13)5-6-17-14;/h1-6H,7-11H2,(H2,16,18);1H. The molecule has 1 aliphatic heterocycles. The molecule has 3 rings (SSSR count). The van der Waals surface area contributed by atoms with Crippen molar-refractivity contribution >= 4 is 40.7 Å². The first-order valence-electron chi connectivity index (χ1n) is 6.80. The fourth-order valence-electron chi connectivity index (χ4n) is 2.36. The maximum absolute atomic E-state index is 6.03. The van der Waals surface area contributed by atoms with Gasteiger partial charge in [-0.25, -0.2) is 4.99 Å². The fourth-order valence-corrected chi connectivity index (χ4v) is 2.36. The second kappa shape index (κ2) is 7.56. The first-order chi connectivity index (χ1) is 9.84. The number of ether oxygens (including phenoxy) is 1. The maximum atomic E-state index is 6.03. The van der Waals surface area contributed by atoms with Crippen molar-refractivity contribution in [2.45, 2.75) is 6.54 Å². The Morgan fingerprint density at radius 2 is 2.00 bits per heavy atom. The van der Waals surface area contributed by atoms with Gasteiger partial charge in [0.1, 0.15) is 0 Å². The van der Waals surface area contributed by atoms with Crippen LogP contribution in [0.15, 0.2) is 41.5 Å². The minimum atomic E-state index is 0. The third-order valence-electron chi connectivity index (χ3n) is 3.48. The van der Waals surface area contributed by atoms with Gasteiger partial charge in [-0.2, -0.15) is 0 Å². The molecule has 5 nitrogen and oxygen atoms in total. The van der Waals surface area contributed by atoms with E-state index in [1.165, 1.54) is 5.39 Å². The predicted octanol–water partition coefficient (Wildman–Crippen LogP) is 2.00. The molecule has 1 aliphatic rings. The first-order valence-corrected chi connectivity index (χ1v) is 6.80. The van der Waals surface area contributed by atoms with E-state index in [0.29, 0.717) is 25.7 Å². The zero-order valence-corrected chi connectivity index (χ0v) is 14.1. The molecular weight excluding hydrogens is 379 g/mol. The number of aliphatic imine (C=N–C) groups is 1. The quantitative estimate of drug-likeness (QED) is 0.478. The number of nitrogens with two attached hydrogens (primary N) is 1. The molecule has 0 saturated carbocycles. The molecule has 1 aromatic heterocycles. The maximum Gasteiger partial charge on any atom is 0.191 e. The van der Waals surface area contributed by atoms with Crippen molar-refractivity contribution in [2.24, 2.45) is 10.7 Å². The number of aromatic nitrogens is 1. The van der Waals surface area contributed by atoms with Crippen molar-refractivity contribution in [1.82, 2.24) is 9.88 Å². The summed E-state index contributed by atoms with van der Waals surface area (Å²) in [6.07, 6.45) is 1.82. The van der Waals surface area contributed by atoms with E-state index in [2.05, 4.69) is 27.0 Å². The highest BCUT2D eigenvalue weighted by Crippen LogP contribution is 2.16. The Balaban J connectivity index is 0.00000161. The number of rotatable bonds is 2. The summed E-state index contributed by atoms with van der Waals surface area (Å²) in [5, 5.41) is 2.31. The molecule has 21 heavy (non-hydrogen) atoms. The van der Waals surface area contributed by atoms with Crippen LogP contribution < -0.4 is 5.73 Å². The summed E-state index contributed by atoms with van der Waals surface area (Å²) in [5.41, 5.74) is 6.99. The zero-order valence-electron chi connectivity index (χ0n) is 11.7. The minimum absolute atomic E-state index is 0. The van der Waals surface area contributed by atoms with Gasteiger partial charge in [-0.1, -0.05) is 24.3 Å². The molecule has 0 aliphatic carbocycles. The average Bonchev–Trinajstić information content (AvgIpc) is 2.53. The van der Waals surface area contributed by atoms with Crippen molar-refractivity contribution < 1.29 is 4.74 Å². The summed E-state index contributed by atoms with van der Waals surface area (Å²) < 4.78 is 5.31. The first kappa shape index (κ1) is 16.0. The highest BCUT2D eigenvalue weighted by molar-refractivity contribution is 14.0. The van der Waals surface area contributed by atoms with Gasteiger partial charge in [0, 0.05) is 24.7 Å². The lowest BCUT2D eigenvalue weighted by molar-refractivity contribution is 0.0674. The number of hydrogen-bond donors (Lipinski definition) is 1. The van der Waals surface area contributed by atoms with Crippen LogP contribution >= 0.6 is 24.0 Å². The monoisotopic (exact) mass is 398 g/mol. The highest BCUT2D eigenvalue weighted by atomic mass is 127. The smallest absolute Gasteiger partial charge is 0.191 e. The Morgan fingerprint density at radius 1 is 1.24 bits per heavy atom. The summed E-state index contributed by atoms with van der Waals surface area (Å²) in [4.78, 5) is 10.9. The van der Waals surface area contributed by atoms with Gasteiger partial charge in [-0.3, -0.25) is 4.98 Å². The number of pyridine rings is 1. The van der Waals surface area contributed by atoms with Crippen LogP contribution in [0, 0.1) is 0 Å². The van der Waals surface area contributed by atoms with E-state index < -0.39 is 0 Å². The molecule has 0 amide bonds. The van der Waals surface area contributed by atoms with Gasteiger partial charge in [-0.05, 0) is 11.5 Å². The number of benzene rings is 1. The number of nitrogens with zero attached hydrogens (tertiary/aromatic N) is 3. The molecular formula is C15H19IN4O. The largest absolute Gasteiger partial charge is 0.378 e. The van der Waals surface area contributed by atoms with E-state index in [-0.39, 0.29) is 24.0 Å². The normalized spacial score (nSPS) is 15.8. The van der Waals surface area contributed by atoms with E-state index in [1.807, 2.05) is 24.4 Å². The summed E-state index contributed by atoms with van der Waals surface area (Å²) in [7, 11) is 0. The second-order valence-electron chi connectivity index (χ2n) is 4.75. The molecule has 112 valence electrons. The minimum Gasteiger partial charge on any atom is -0.378 e. The lowest BCUT2D eigenvalue weighted by atomic mass is 10.1. The molecule has 0 bridgehead atoms. The Bertz CT molecular complexity index is 621. The van der Waals surface area contributed by atoms with E-state index in [1.54, 1.807) is 0 Å². The van der Waals surface area contributed by atoms with E-state index in [0.717, 1.165) is 24.2 Å². The van der Waals surface area contributed by atoms with Crippen molar-refractivity contribution in [2.75, 3.05) is 26.3 Å². The van der Waals surface area contributed by atoms with Gasteiger partial charge < -0.3 is 15.4 Å². The summed E-state index contributed by atoms with van der Waals surface area (Å²) in [5.74, 6) is 0.572. The van der Waals surface area contributed by atoms with Gasteiger partial charge in [0.25, 0.3) is 0 Å². The molecule has 6 heteroatoms. The summed E-state index contributed by atoms with van der Waals surface area (Å²) >= 11 is 0. The van der Waals surface area contributed by atoms with Crippen molar-refractivity contribution in [3.05, 3.63) is 42.2 Å². The third-order valence-corrected chi connectivity index (χ3v) is 3.48. The molecule has 2 N–H and O–H groups in total. The van der Waals surface area contributed by atoms with Gasteiger partial charge in [0.2, 0.25) is 0 Å². The summed E-state index contributed by atoms with van der Waals surface area (Å²) in [6.45, 7) is 3.53. The Labute approximate surface area is 141 Å². The van der Waals surface area contributed by atoms with Crippen LogP contribution in [0.2, 0.25) is 0 Å². The number of halogens is 1. The highest BCUT2D eigenvalue weighted by Gasteiger charge is 2.12. The Hall–Kier alpha value is -1.41. The van der Waals surface area contributed by atoms with E-state index >= 15 is 0 Å².